The van der Waals surface area contributed by atoms with E-state index in [0.29, 0.717) is 6.04 Å². The number of benzene rings is 1. The Hall–Kier alpha value is -1.02. The molecule has 1 saturated heterocycles. The van der Waals surface area contributed by atoms with Crippen LogP contribution in [0, 0.1) is 0 Å². The Labute approximate surface area is 78.9 Å². The van der Waals surface area contributed by atoms with Gasteiger partial charge < -0.3 is 10.1 Å². The van der Waals surface area contributed by atoms with Crippen molar-refractivity contribution in [1.29, 1.82) is 0 Å². The fourth-order valence-corrected chi connectivity index (χ4v) is 1.39. The summed E-state index contributed by atoms with van der Waals surface area (Å²) in [5.74, 6) is 1.04. The van der Waals surface area contributed by atoms with Gasteiger partial charge in [-0.2, -0.15) is 0 Å². The predicted molar refractivity (Wildman–Crippen MR) is 53.0 cm³/mol. The zero-order valence-electron chi connectivity index (χ0n) is 7.92. The van der Waals surface area contributed by atoms with E-state index in [-0.39, 0.29) is 0 Å². The Morgan fingerprint density at radius 2 is 2.23 bits per heavy atom. The van der Waals surface area contributed by atoms with Crippen molar-refractivity contribution in [3.05, 3.63) is 29.8 Å². The van der Waals surface area contributed by atoms with E-state index in [1.54, 1.807) is 0 Å². The van der Waals surface area contributed by atoms with Gasteiger partial charge in [0.05, 0.1) is 6.61 Å². The molecule has 0 saturated carbocycles. The zero-order chi connectivity index (χ0) is 9.10. The van der Waals surface area contributed by atoms with Gasteiger partial charge in [-0.05, 0) is 12.5 Å². The van der Waals surface area contributed by atoms with Crippen LogP contribution in [-0.2, 0) is 0 Å². The van der Waals surface area contributed by atoms with E-state index in [1.807, 2.05) is 12.1 Å². The highest BCUT2D eigenvalue weighted by atomic mass is 16.5. The third kappa shape index (κ3) is 2.01. The van der Waals surface area contributed by atoms with E-state index >= 15 is 0 Å². The van der Waals surface area contributed by atoms with Gasteiger partial charge in [-0.1, -0.05) is 25.1 Å². The lowest BCUT2D eigenvalue weighted by Crippen LogP contribution is -1.98. The summed E-state index contributed by atoms with van der Waals surface area (Å²) in [5, 5.41) is 3.29. The molecule has 0 amide bonds. The van der Waals surface area contributed by atoms with Crippen molar-refractivity contribution in [2.45, 2.75) is 19.4 Å². The second kappa shape index (κ2) is 3.79. The first-order chi connectivity index (χ1) is 6.42. The Kier molecular flexibility index (Phi) is 2.50. The molecule has 1 atom stereocenters. The van der Waals surface area contributed by atoms with E-state index in [0.717, 1.165) is 25.3 Å². The highest BCUT2D eigenvalue weighted by Gasteiger charge is 2.25. The van der Waals surface area contributed by atoms with E-state index < -0.39 is 0 Å². The van der Waals surface area contributed by atoms with E-state index in [4.69, 9.17) is 4.74 Å². The van der Waals surface area contributed by atoms with Crippen molar-refractivity contribution in [2.24, 2.45) is 0 Å². The monoisotopic (exact) mass is 177 g/mol. The van der Waals surface area contributed by atoms with Crippen LogP contribution in [0.2, 0.25) is 0 Å². The third-order valence-corrected chi connectivity index (χ3v) is 2.16. The Bertz CT molecular complexity index is 281. The van der Waals surface area contributed by atoms with Gasteiger partial charge in [0, 0.05) is 18.2 Å². The van der Waals surface area contributed by atoms with Crippen LogP contribution in [-0.4, -0.2) is 13.2 Å². The SMILES string of the molecule is CCCOc1ccccc1[C@H]1CN1. The first-order valence-electron chi connectivity index (χ1n) is 4.87. The molecule has 2 heteroatoms. The number of ether oxygens (including phenoxy) is 1. The molecule has 1 N–H and O–H groups in total. The van der Waals surface area contributed by atoms with Crippen LogP contribution >= 0.6 is 0 Å². The number of rotatable bonds is 4. The van der Waals surface area contributed by atoms with Crippen molar-refractivity contribution >= 4 is 0 Å². The average Bonchev–Trinajstić information content (AvgIpc) is 2.98. The Balaban J connectivity index is 2.12. The summed E-state index contributed by atoms with van der Waals surface area (Å²) in [6, 6.07) is 8.80. The first kappa shape index (κ1) is 8.57. The van der Waals surface area contributed by atoms with Crippen LogP contribution < -0.4 is 10.1 Å². The predicted octanol–water partition coefficient (Wildman–Crippen LogP) is 2.12. The molecule has 1 aliphatic rings. The minimum atomic E-state index is 0.535. The van der Waals surface area contributed by atoms with Crippen LogP contribution in [0.25, 0.3) is 0 Å². The standard InChI is InChI=1S/C11H15NO/c1-2-7-13-11-6-4-3-5-9(11)10-8-12-10/h3-6,10,12H,2,7-8H2,1H3/t10-/m1/s1. The molecule has 2 nitrogen and oxygen atoms in total. The third-order valence-electron chi connectivity index (χ3n) is 2.16. The molecule has 0 aromatic heterocycles. The first-order valence-corrected chi connectivity index (χ1v) is 4.87. The lowest BCUT2D eigenvalue weighted by Gasteiger charge is -2.08. The van der Waals surface area contributed by atoms with Crippen molar-refractivity contribution in [3.63, 3.8) is 0 Å². The molecule has 2 rings (SSSR count). The van der Waals surface area contributed by atoms with Crippen LogP contribution in [0.1, 0.15) is 24.9 Å². The number of hydrogen-bond acceptors (Lipinski definition) is 2. The van der Waals surface area contributed by atoms with Crippen LogP contribution in [0.5, 0.6) is 5.75 Å². The van der Waals surface area contributed by atoms with E-state index in [2.05, 4.69) is 24.4 Å². The molecule has 0 radical (unpaired) electrons. The van der Waals surface area contributed by atoms with Gasteiger partial charge in [0.1, 0.15) is 5.75 Å². The average molecular weight is 177 g/mol. The molecule has 1 heterocycles. The van der Waals surface area contributed by atoms with Gasteiger partial charge in [0.2, 0.25) is 0 Å². The van der Waals surface area contributed by atoms with Crippen molar-refractivity contribution in [2.75, 3.05) is 13.2 Å². The highest BCUT2D eigenvalue weighted by molar-refractivity contribution is 5.38. The van der Waals surface area contributed by atoms with Crippen LogP contribution in [0.4, 0.5) is 0 Å². The molecule has 1 fully saturated rings. The maximum atomic E-state index is 5.65. The van der Waals surface area contributed by atoms with Gasteiger partial charge in [-0.25, -0.2) is 0 Å². The molecule has 1 aromatic rings. The van der Waals surface area contributed by atoms with Crippen molar-refractivity contribution in [3.8, 4) is 5.75 Å². The fourth-order valence-electron chi connectivity index (χ4n) is 1.39. The van der Waals surface area contributed by atoms with E-state index in [9.17, 15) is 0 Å². The summed E-state index contributed by atoms with van der Waals surface area (Å²) < 4.78 is 5.65. The van der Waals surface area contributed by atoms with Crippen molar-refractivity contribution < 1.29 is 4.74 Å². The smallest absolute Gasteiger partial charge is 0.124 e. The molecule has 70 valence electrons. The molecule has 13 heavy (non-hydrogen) atoms. The van der Waals surface area contributed by atoms with Crippen molar-refractivity contribution in [1.82, 2.24) is 5.32 Å². The normalized spacial score (nSPS) is 19.9. The minimum Gasteiger partial charge on any atom is -0.493 e. The Morgan fingerprint density at radius 1 is 1.46 bits per heavy atom. The summed E-state index contributed by atoms with van der Waals surface area (Å²) in [4.78, 5) is 0. The summed E-state index contributed by atoms with van der Waals surface area (Å²) in [6.07, 6.45) is 1.06. The summed E-state index contributed by atoms with van der Waals surface area (Å²) in [5.41, 5.74) is 1.30. The molecule has 0 spiro atoms. The van der Waals surface area contributed by atoms with Gasteiger partial charge in [-0.15, -0.1) is 0 Å². The molecule has 1 aromatic carbocycles. The lowest BCUT2D eigenvalue weighted by atomic mass is 10.1. The van der Waals surface area contributed by atoms with Crippen LogP contribution in [0.3, 0.4) is 0 Å². The topological polar surface area (TPSA) is 31.2 Å². The number of nitrogens with one attached hydrogen (secondary N) is 1. The summed E-state index contributed by atoms with van der Waals surface area (Å²) >= 11 is 0. The number of hydrogen-bond donors (Lipinski definition) is 1. The van der Waals surface area contributed by atoms with Gasteiger partial charge in [-0.3, -0.25) is 0 Å². The quantitative estimate of drug-likeness (QED) is 0.714. The largest absolute Gasteiger partial charge is 0.493 e. The second-order valence-corrected chi connectivity index (χ2v) is 3.35. The molecule has 0 unspecified atom stereocenters. The maximum absolute atomic E-state index is 5.65. The second-order valence-electron chi connectivity index (χ2n) is 3.35. The molecular weight excluding hydrogens is 162 g/mol. The summed E-state index contributed by atoms with van der Waals surface area (Å²) in [6.45, 7) is 4.02. The maximum Gasteiger partial charge on any atom is 0.124 e. The Morgan fingerprint density at radius 3 is 2.92 bits per heavy atom. The molecule has 1 aliphatic heterocycles. The van der Waals surface area contributed by atoms with E-state index in [1.165, 1.54) is 5.56 Å². The van der Waals surface area contributed by atoms with Gasteiger partial charge in [0.15, 0.2) is 0 Å². The molecule has 0 bridgehead atoms. The zero-order valence-corrected chi connectivity index (χ0v) is 7.92. The van der Waals surface area contributed by atoms with Crippen LogP contribution in [0.15, 0.2) is 24.3 Å². The lowest BCUT2D eigenvalue weighted by molar-refractivity contribution is 0.314. The highest BCUT2D eigenvalue weighted by Crippen LogP contribution is 2.30. The summed E-state index contributed by atoms with van der Waals surface area (Å²) in [7, 11) is 0. The van der Waals surface area contributed by atoms with Gasteiger partial charge >= 0.3 is 0 Å². The molecular formula is C11H15NO. The number of para-hydroxylation sites is 1. The van der Waals surface area contributed by atoms with Gasteiger partial charge in [0.25, 0.3) is 0 Å². The molecule has 0 aliphatic carbocycles. The fraction of sp³-hybridized carbons (Fsp3) is 0.455. The minimum absolute atomic E-state index is 0.535.